The molecule has 0 heterocycles. The Bertz CT molecular complexity index is 1120. The SMILES string of the molecule is CCC(=O)Nc1cc(NC(=S)NC(=O)c2ccc(OCCc3ccccc3)cc2)ccc1C. The summed E-state index contributed by atoms with van der Waals surface area (Å²) in [6.07, 6.45) is 1.20. The van der Waals surface area contributed by atoms with Gasteiger partial charge in [0.15, 0.2) is 5.11 Å². The summed E-state index contributed by atoms with van der Waals surface area (Å²) in [6.45, 7) is 4.26. The number of rotatable bonds is 8. The normalized spacial score (nSPS) is 10.2. The fourth-order valence-electron chi connectivity index (χ4n) is 3.04. The molecule has 7 heteroatoms. The molecule has 0 fully saturated rings. The maximum atomic E-state index is 12.5. The number of nitrogens with one attached hydrogen (secondary N) is 3. The standard InChI is InChI=1S/C26H27N3O3S/c1-3-24(30)28-23-17-21(12-9-18(23)2)27-26(33)29-25(31)20-10-13-22(14-11-20)32-16-15-19-7-5-4-6-8-19/h4-14,17H,3,15-16H2,1-2H3,(H,28,30)(H2,27,29,31,33). The predicted molar refractivity (Wildman–Crippen MR) is 136 cm³/mol. The molecule has 0 saturated heterocycles. The molecule has 3 rings (SSSR count). The van der Waals surface area contributed by atoms with E-state index in [1.165, 1.54) is 5.56 Å². The highest BCUT2D eigenvalue weighted by atomic mass is 32.1. The zero-order chi connectivity index (χ0) is 23.6. The van der Waals surface area contributed by atoms with Crippen molar-refractivity contribution in [1.29, 1.82) is 0 Å². The Balaban J connectivity index is 1.50. The summed E-state index contributed by atoms with van der Waals surface area (Å²) in [5.41, 5.74) is 3.98. The minimum Gasteiger partial charge on any atom is -0.493 e. The molecular weight excluding hydrogens is 434 g/mol. The van der Waals surface area contributed by atoms with Gasteiger partial charge in [-0.1, -0.05) is 43.3 Å². The molecule has 3 aromatic rings. The second kappa shape index (κ2) is 11.8. The zero-order valence-corrected chi connectivity index (χ0v) is 19.5. The van der Waals surface area contributed by atoms with Crippen molar-refractivity contribution in [3.8, 4) is 5.75 Å². The topological polar surface area (TPSA) is 79.5 Å². The van der Waals surface area contributed by atoms with Crippen molar-refractivity contribution in [3.63, 3.8) is 0 Å². The van der Waals surface area contributed by atoms with Crippen LogP contribution in [-0.2, 0) is 11.2 Å². The quantitative estimate of drug-likeness (QED) is 0.407. The second-order valence-electron chi connectivity index (χ2n) is 7.45. The molecule has 0 aliphatic rings. The van der Waals surface area contributed by atoms with E-state index in [-0.39, 0.29) is 16.9 Å². The summed E-state index contributed by atoms with van der Waals surface area (Å²) in [5.74, 6) is 0.304. The molecule has 0 saturated carbocycles. The Kier molecular flexibility index (Phi) is 8.55. The van der Waals surface area contributed by atoms with Gasteiger partial charge in [-0.05, 0) is 66.7 Å². The first kappa shape index (κ1) is 23.9. The lowest BCUT2D eigenvalue weighted by atomic mass is 10.1. The number of carbonyl (C=O) groups is 2. The van der Waals surface area contributed by atoms with E-state index in [2.05, 4.69) is 28.1 Å². The number of carbonyl (C=O) groups excluding carboxylic acids is 2. The van der Waals surface area contributed by atoms with E-state index >= 15 is 0 Å². The van der Waals surface area contributed by atoms with Crippen molar-refractivity contribution in [2.75, 3.05) is 17.2 Å². The Labute approximate surface area is 199 Å². The zero-order valence-electron chi connectivity index (χ0n) is 18.7. The van der Waals surface area contributed by atoms with Crippen LogP contribution in [0, 0.1) is 6.92 Å². The highest BCUT2D eigenvalue weighted by molar-refractivity contribution is 7.80. The summed E-state index contributed by atoms with van der Waals surface area (Å²) in [5, 5.41) is 8.66. The van der Waals surface area contributed by atoms with Crippen LogP contribution in [0.25, 0.3) is 0 Å². The summed E-state index contributed by atoms with van der Waals surface area (Å²) >= 11 is 5.27. The number of amides is 2. The number of thiocarbonyl (C=S) groups is 1. The fraction of sp³-hybridized carbons (Fsp3) is 0.192. The number of benzene rings is 3. The smallest absolute Gasteiger partial charge is 0.257 e. The van der Waals surface area contributed by atoms with Crippen LogP contribution in [-0.4, -0.2) is 23.5 Å². The van der Waals surface area contributed by atoms with Crippen LogP contribution in [0.3, 0.4) is 0 Å². The molecule has 2 amide bonds. The number of ether oxygens (including phenoxy) is 1. The fourth-order valence-corrected chi connectivity index (χ4v) is 3.26. The molecule has 0 atom stereocenters. The lowest BCUT2D eigenvalue weighted by Gasteiger charge is -2.13. The van der Waals surface area contributed by atoms with Gasteiger partial charge >= 0.3 is 0 Å². The van der Waals surface area contributed by atoms with E-state index in [0.717, 1.165) is 12.0 Å². The highest BCUT2D eigenvalue weighted by Gasteiger charge is 2.10. The molecule has 33 heavy (non-hydrogen) atoms. The van der Waals surface area contributed by atoms with E-state index in [1.54, 1.807) is 37.3 Å². The second-order valence-corrected chi connectivity index (χ2v) is 7.86. The predicted octanol–water partition coefficient (Wildman–Crippen LogP) is 5.09. The molecule has 0 spiro atoms. The third-order valence-electron chi connectivity index (χ3n) is 4.94. The van der Waals surface area contributed by atoms with E-state index in [1.807, 2.05) is 37.3 Å². The third kappa shape index (κ3) is 7.43. The monoisotopic (exact) mass is 461 g/mol. The minimum atomic E-state index is -0.324. The Hall–Kier alpha value is -3.71. The van der Waals surface area contributed by atoms with Crippen LogP contribution >= 0.6 is 12.2 Å². The molecule has 0 unspecified atom stereocenters. The molecule has 170 valence electrons. The van der Waals surface area contributed by atoms with E-state index in [9.17, 15) is 9.59 Å². The number of anilines is 2. The molecule has 3 aromatic carbocycles. The number of hydrogen-bond acceptors (Lipinski definition) is 4. The van der Waals surface area contributed by atoms with Crippen LogP contribution in [0.2, 0.25) is 0 Å². The van der Waals surface area contributed by atoms with Gasteiger partial charge in [-0.15, -0.1) is 0 Å². The summed E-state index contributed by atoms with van der Waals surface area (Å²) in [6, 6.07) is 22.5. The van der Waals surface area contributed by atoms with E-state index in [0.29, 0.717) is 35.7 Å². The summed E-state index contributed by atoms with van der Waals surface area (Å²) in [7, 11) is 0. The summed E-state index contributed by atoms with van der Waals surface area (Å²) < 4.78 is 5.76. The van der Waals surface area contributed by atoms with Gasteiger partial charge in [0, 0.05) is 29.8 Å². The molecule has 0 aliphatic heterocycles. The molecule has 6 nitrogen and oxygen atoms in total. The molecule has 0 aliphatic carbocycles. The van der Waals surface area contributed by atoms with Gasteiger partial charge in [-0.2, -0.15) is 0 Å². The van der Waals surface area contributed by atoms with Gasteiger partial charge in [0.2, 0.25) is 5.91 Å². The molecule has 0 bridgehead atoms. The molecular formula is C26H27N3O3S. The van der Waals surface area contributed by atoms with Crippen LogP contribution in [0.5, 0.6) is 5.75 Å². The van der Waals surface area contributed by atoms with Gasteiger partial charge < -0.3 is 15.4 Å². The Morgan fingerprint density at radius 2 is 1.67 bits per heavy atom. The Morgan fingerprint density at radius 1 is 0.939 bits per heavy atom. The first-order valence-corrected chi connectivity index (χ1v) is 11.1. The maximum absolute atomic E-state index is 12.5. The van der Waals surface area contributed by atoms with Crippen molar-refractivity contribution in [2.24, 2.45) is 0 Å². The van der Waals surface area contributed by atoms with Gasteiger partial charge in [0.1, 0.15) is 5.75 Å². The number of aryl methyl sites for hydroxylation is 1. The molecule has 0 aromatic heterocycles. The van der Waals surface area contributed by atoms with Crippen molar-refractivity contribution in [3.05, 3.63) is 89.5 Å². The third-order valence-corrected chi connectivity index (χ3v) is 5.14. The van der Waals surface area contributed by atoms with Gasteiger partial charge in [0.25, 0.3) is 5.91 Å². The first-order valence-electron chi connectivity index (χ1n) is 10.7. The lowest BCUT2D eigenvalue weighted by Crippen LogP contribution is -2.34. The van der Waals surface area contributed by atoms with Gasteiger partial charge in [-0.3, -0.25) is 14.9 Å². The highest BCUT2D eigenvalue weighted by Crippen LogP contribution is 2.20. The number of hydrogen-bond donors (Lipinski definition) is 3. The van der Waals surface area contributed by atoms with Crippen LogP contribution < -0.4 is 20.7 Å². The van der Waals surface area contributed by atoms with Crippen LogP contribution in [0.4, 0.5) is 11.4 Å². The Morgan fingerprint density at radius 3 is 2.36 bits per heavy atom. The van der Waals surface area contributed by atoms with Gasteiger partial charge in [-0.25, -0.2) is 0 Å². The van der Waals surface area contributed by atoms with Crippen molar-refractivity contribution >= 4 is 40.5 Å². The van der Waals surface area contributed by atoms with Crippen molar-refractivity contribution in [1.82, 2.24) is 5.32 Å². The first-order chi connectivity index (χ1) is 15.9. The van der Waals surface area contributed by atoms with Gasteiger partial charge in [0.05, 0.1) is 6.61 Å². The molecule has 0 radical (unpaired) electrons. The van der Waals surface area contributed by atoms with Crippen LogP contribution in [0.15, 0.2) is 72.8 Å². The average molecular weight is 462 g/mol. The minimum absolute atomic E-state index is 0.0707. The molecule has 3 N–H and O–H groups in total. The lowest BCUT2D eigenvalue weighted by molar-refractivity contribution is -0.115. The largest absolute Gasteiger partial charge is 0.493 e. The average Bonchev–Trinajstić information content (AvgIpc) is 2.82. The van der Waals surface area contributed by atoms with Crippen molar-refractivity contribution < 1.29 is 14.3 Å². The van der Waals surface area contributed by atoms with Crippen molar-refractivity contribution in [2.45, 2.75) is 26.7 Å². The van der Waals surface area contributed by atoms with Crippen LogP contribution in [0.1, 0.15) is 34.8 Å². The van der Waals surface area contributed by atoms with E-state index in [4.69, 9.17) is 17.0 Å². The summed E-state index contributed by atoms with van der Waals surface area (Å²) in [4.78, 5) is 24.2. The van der Waals surface area contributed by atoms with E-state index < -0.39 is 0 Å². The maximum Gasteiger partial charge on any atom is 0.257 e.